The van der Waals surface area contributed by atoms with E-state index in [9.17, 15) is 19.3 Å². The van der Waals surface area contributed by atoms with Crippen LogP contribution in [0.1, 0.15) is 55.8 Å². The maximum atomic E-state index is 13.4. The number of benzene rings is 1. The summed E-state index contributed by atoms with van der Waals surface area (Å²) < 4.78 is 13.4. The van der Waals surface area contributed by atoms with E-state index in [0.29, 0.717) is 6.54 Å². The standard InChI is InChI=1S/C15H21FN2O3/c1-2-3-4-5-6-7-10-17-15(19)12-8-9-14(18(20)21)13(16)11-12/h8-9,11H,2-7,10H2,1H3,(H,17,19). The van der Waals surface area contributed by atoms with Gasteiger partial charge in [0.25, 0.3) is 5.91 Å². The van der Waals surface area contributed by atoms with Crippen molar-refractivity contribution in [1.82, 2.24) is 5.32 Å². The lowest BCUT2D eigenvalue weighted by molar-refractivity contribution is -0.387. The van der Waals surface area contributed by atoms with Gasteiger partial charge in [0.2, 0.25) is 5.82 Å². The SMILES string of the molecule is CCCCCCCCNC(=O)c1ccc([N+](=O)[O-])c(F)c1. The summed E-state index contributed by atoms with van der Waals surface area (Å²) in [5.74, 6) is -1.40. The first-order valence-electron chi connectivity index (χ1n) is 7.28. The number of carbonyl (C=O) groups is 1. The minimum Gasteiger partial charge on any atom is -0.352 e. The first kappa shape index (κ1) is 17.1. The Balaban J connectivity index is 2.35. The van der Waals surface area contributed by atoms with Gasteiger partial charge in [-0.3, -0.25) is 14.9 Å². The highest BCUT2D eigenvalue weighted by Gasteiger charge is 2.16. The normalized spacial score (nSPS) is 10.4. The van der Waals surface area contributed by atoms with Gasteiger partial charge < -0.3 is 5.32 Å². The molecule has 0 aliphatic heterocycles. The molecule has 0 saturated heterocycles. The molecule has 6 heteroatoms. The number of nitro benzene ring substituents is 1. The van der Waals surface area contributed by atoms with Gasteiger partial charge in [-0.15, -0.1) is 0 Å². The van der Waals surface area contributed by atoms with Gasteiger partial charge >= 0.3 is 5.69 Å². The molecule has 0 spiro atoms. The highest BCUT2D eigenvalue weighted by atomic mass is 19.1. The number of halogens is 1. The van der Waals surface area contributed by atoms with Crippen molar-refractivity contribution in [2.75, 3.05) is 6.54 Å². The van der Waals surface area contributed by atoms with Crippen molar-refractivity contribution in [2.24, 2.45) is 0 Å². The van der Waals surface area contributed by atoms with Gasteiger partial charge in [0.1, 0.15) is 0 Å². The molecular weight excluding hydrogens is 275 g/mol. The molecule has 1 N–H and O–H groups in total. The topological polar surface area (TPSA) is 72.2 Å². The molecule has 0 fully saturated rings. The van der Waals surface area contributed by atoms with Crippen LogP contribution in [0.4, 0.5) is 10.1 Å². The summed E-state index contributed by atoms with van der Waals surface area (Å²) in [6.45, 7) is 2.69. The Kier molecular flexibility index (Phi) is 7.36. The van der Waals surface area contributed by atoms with Crippen LogP contribution in [-0.2, 0) is 0 Å². The second-order valence-electron chi connectivity index (χ2n) is 4.95. The van der Waals surface area contributed by atoms with E-state index in [2.05, 4.69) is 12.2 Å². The zero-order valence-electron chi connectivity index (χ0n) is 12.2. The number of nitrogens with one attached hydrogen (secondary N) is 1. The van der Waals surface area contributed by atoms with Crippen LogP contribution in [0.2, 0.25) is 0 Å². The Bertz CT molecular complexity index is 492. The smallest absolute Gasteiger partial charge is 0.304 e. The lowest BCUT2D eigenvalue weighted by Crippen LogP contribution is -2.24. The fourth-order valence-electron chi connectivity index (χ4n) is 2.01. The average Bonchev–Trinajstić information content (AvgIpc) is 2.45. The maximum Gasteiger partial charge on any atom is 0.304 e. The van der Waals surface area contributed by atoms with Gasteiger partial charge in [0.15, 0.2) is 0 Å². The van der Waals surface area contributed by atoms with Crippen LogP contribution in [-0.4, -0.2) is 17.4 Å². The molecule has 5 nitrogen and oxygen atoms in total. The lowest BCUT2D eigenvalue weighted by Gasteiger charge is -2.05. The van der Waals surface area contributed by atoms with Gasteiger partial charge in [0.05, 0.1) is 4.92 Å². The summed E-state index contributed by atoms with van der Waals surface area (Å²) in [7, 11) is 0. The molecule has 116 valence electrons. The monoisotopic (exact) mass is 296 g/mol. The van der Waals surface area contributed by atoms with Crippen LogP contribution in [0.25, 0.3) is 0 Å². The molecule has 0 unspecified atom stereocenters. The number of unbranched alkanes of at least 4 members (excludes halogenated alkanes) is 5. The van der Waals surface area contributed by atoms with Crippen molar-refractivity contribution in [1.29, 1.82) is 0 Å². The van der Waals surface area contributed by atoms with Crippen molar-refractivity contribution in [3.63, 3.8) is 0 Å². The summed E-state index contributed by atoms with van der Waals surface area (Å²) in [6, 6.07) is 3.17. The van der Waals surface area contributed by atoms with Gasteiger partial charge in [0, 0.05) is 18.2 Å². The van der Waals surface area contributed by atoms with E-state index in [1.165, 1.54) is 25.3 Å². The average molecular weight is 296 g/mol. The molecule has 0 radical (unpaired) electrons. The first-order valence-corrected chi connectivity index (χ1v) is 7.28. The largest absolute Gasteiger partial charge is 0.352 e. The van der Waals surface area contributed by atoms with Gasteiger partial charge in [-0.2, -0.15) is 4.39 Å². The van der Waals surface area contributed by atoms with Crippen LogP contribution in [0.3, 0.4) is 0 Å². The van der Waals surface area contributed by atoms with E-state index in [0.717, 1.165) is 31.4 Å². The van der Waals surface area contributed by atoms with Crippen LogP contribution in [0, 0.1) is 15.9 Å². The Hall–Kier alpha value is -1.98. The van der Waals surface area contributed by atoms with Crippen LogP contribution in [0.15, 0.2) is 18.2 Å². The zero-order valence-corrected chi connectivity index (χ0v) is 12.2. The first-order chi connectivity index (χ1) is 10.1. The van der Waals surface area contributed by atoms with E-state index < -0.39 is 22.3 Å². The quantitative estimate of drug-likeness (QED) is 0.427. The second kappa shape index (κ2) is 9.05. The zero-order chi connectivity index (χ0) is 15.7. The van der Waals surface area contributed by atoms with Gasteiger partial charge in [-0.1, -0.05) is 39.0 Å². The van der Waals surface area contributed by atoms with Gasteiger partial charge in [-0.05, 0) is 18.6 Å². The van der Waals surface area contributed by atoms with Crippen LogP contribution < -0.4 is 5.32 Å². The molecular formula is C15H21FN2O3. The van der Waals surface area contributed by atoms with Crippen LogP contribution >= 0.6 is 0 Å². The molecule has 1 rings (SSSR count). The summed E-state index contributed by atoms with van der Waals surface area (Å²) in [6.07, 6.45) is 6.71. The molecule has 0 bridgehead atoms. The minimum atomic E-state index is -0.993. The van der Waals surface area contributed by atoms with Crippen LogP contribution in [0.5, 0.6) is 0 Å². The summed E-state index contributed by atoms with van der Waals surface area (Å²) in [5.41, 5.74) is -0.522. The number of carbonyl (C=O) groups excluding carboxylic acids is 1. The second-order valence-corrected chi connectivity index (χ2v) is 4.95. The highest BCUT2D eigenvalue weighted by molar-refractivity contribution is 5.94. The lowest BCUT2D eigenvalue weighted by atomic mass is 10.1. The molecule has 0 aliphatic rings. The number of hydrogen-bond acceptors (Lipinski definition) is 3. The fourth-order valence-corrected chi connectivity index (χ4v) is 2.01. The molecule has 0 aliphatic carbocycles. The summed E-state index contributed by atoms with van der Waals surface area (Å²) in [4.78, 5) is 21.4. The summed E-state index contributed by atoms with van der Waals surface area (Å²) in [5, 5.41) is 13.2. The van der Waals surface area contributed by atoms with E-state index >= 15 is 0 Å². The molecule has 0 aromatic heterocycles. The van der Waals surface area contributed by atoms with Crippen molar-refractivity contribution >= 4 is 11.6 Å². The van der Waals surface area contributed by atoms with Crippen molar-refractivity contribution in [3.8, 4) is 0 Å². The molecule has 21 heavy (non-hydrogen) atoms. The van der Waals surface area contributed by atoms with E-state index in [4.69, 9.17) is 0 Å². The minimum absolute atomic E-state index is 0.101. The number of nitrogens with zero attached hydrogens (tertiary/aromatic N) is 1. The molecule has 0 heterocycles. The Morgan fingerprint density at radius 2 is 1.90 bits per heavy atom. The van der Waals surface area contributed by atoms with Crippen molar-refractivity contribution in [2.45, 2.75) is 45.4 Å². The Morgan fingerprint density at radius 3 is 2.52 bits per heavy atom. The number of nitro groups is 1. The van der Waals surface area contributed by atoms with E-state index in [-0.39, 0.29) is 5.56 Å². The van der Waals surface area contributed by atoms with E-state index in [1.807, 2.05) is 0 Å². The van der Waals surface area contributed by atoms with E-state index in [1.54, 1.807) is 0 Å². The molecule has 0 atom stereocenters. The summed E-state index contributed by atoms with van der Waals surface area (Å²) >= 11 is 0. The molecule has 1 aromatic rings. The third-order valence-corrected chi connectivity index (χ3v) is 3.22. The Labute approximate surface area is 123 Å². The predicted octanol–water partition coefficient (Wildman–Crippen LogP) is 3.82. The fraction of sp³-hybridized carbons (Fsp3) is 0.533. The van der Waals surface area contributed by atoms with Gasteiger partial charge in [-0.25, -0.2) is 0 Å². The Morgan fingerprint density at radius 1 is 1.24 bits per heavy atom. The molecule has 0 saturated carbocycles. The third kappa shape index (κ3) is 5.89. The number of rotatable bonds is 9. The maximum absolute atomic E-state index is 13.4. The molecule has 1 amide bonds. The number of amides is 1. The third-order valence-electron chi connectivity index (χ3n) is 3.22. The van der Waals surface area contributed by atoms with Crippen molar-refractivity contribution < 1.29 is 14.1 Å². The highest BCUT2D eigenvalue weighted by Crippen LogP contribution is 2.17. The molecule has 1 aromatic carbocycles. The number of hydrogen-bond donors (Lipinski definition) is 1. The predicted molar refractivity (Wildman–Crippen MR) is 78.8 cm³/mol. The van der Waals surface area contributed by atoms with Crippen molar-refractivity contribution in [3.05, 3.63) is 39.7 Å².